The fourth-order valence-corrected chi connectivity index (χ4v) is 6.71. The molecule has 1 saturated heterocycles. The molecular weight excluding hydrogens is 612 g/mol. The number of benzene rings is 3. The van der Waals surface area contributed by atoms with Crippen molar-refractivity contribution in [3.8, 4) is 0 Å². The maximum Gasteiger partial charge on any atom is 0.415 e. The van der Waals surface area contributed by atoms with E-state index in [2.05, 4.69) is 10.5 Å². The number of hydrogen-bond donors (Lipinski definition) is 3. The van der Waals surface area contributed by atoms with Gasteiger partial charge in [-0.1, -0.05) is 73.6 Å². The van der Waals surface area contributed by atoms with Gasteiger partial charge in [0.15, 0.2) is 11.9 Å². The van der Waals surface area contributed by atoms with Crippen LogP contribution >= 0.6 is 0 Å². The van der Waals surface area contributed by atoms with Gasteiger partial charge in [0, 0.05) is 24.3 Å². The Balaban J connectivity index is 1.55. The van der Waals surface area contributed by atoms with Gasteiger partial charge in [-0.25, -0.2) is 13.2 Å². The van der Waals surface area contributed by atoms with Gasteiger partial charge >= 0.3 is 6.09 Å². The van der Waals surface area contributed by atoms with E-state index in [1.165, 1.54) is 46.6 Å². The predicted octanol–water partition coefficient (Wildman–Crippen LogP) is 3.46. The number of rotatable bonds is 14. The van der Waals surface area contributed by atoms with Crippen molar-refractivity contribution in [2.24, 2.45) is 11.1 Å². The lowest BCUT2D eigenvalue weighted by molar-refractivity contribution is -0.129. The van der Waals surface area contributed by atoms with Crippen LogP contribution < -0.4 is 10.2 Å². The Hall–Kier alpha value is -4.59. The van der Waals surface area contributed by atoms with Crippen molar-refractivity contribution in [2.45, 2.75) is 50.3 Å². The van der Waals surface area contributed by atoms with Crippen LogP contribution in [0.15, 0.2) is 88.9 Å². The number of aliphatic hydroxyl groups excluding tert-OH is 1. The summed E-state index contributed by atoms with van der Waals surface area (Å²) in [4.78, 5) is 39.3. The number of ketones is 1. The molecule has 2 amide bonds. The van der Waals surface area contributed by atoms with E-state index in [1.54, 1.807) is 24.3 Å². The highest BCUT2D eigenvalue weighted by Gasteiger charge is 2.39. The first-order valence-corrected chi connectivity index (χ1v) is 16.2. The Kier molecular flexibility index (Phi) is 11.3. The molecule has 0 spiro atoms. The van der Waals surface area contributed by atoms with Crippen molar-refractivity contribution in [3.63, 3.8) is 0 Å². The number of oxime groups is 1. The molecule has 0 saturated carbocycles. The van der Waals surface area contributed by atoms with Gasteiger partial charge in [0.25, 0.3) is 5.91 Å². The van der Waals surface area contributed by atoms with Crippen molar-refractivity contribution >= 4 is 39.7 Å². The molecule has 1 fully saturated rings. The van der Waals surface area contributed by atoms with Crippen LogP contribution in [-0.4, -0.2) is 84.9 Å². The number of carbonyl (C=O) groups is 3. The van der Waals surface area contributed by atoms with Crippen LogP contribution in [-0.2, 0) is 26.0 Å². The van der Waals surface area contributed by atoms with Crippen LogP contribution in [0.1, 0.15) is 42.3 Å². The van der Waals surface area contributed by atoms with Gasteiger partial charge in [0.1, 0.15) is 0 Å². The van der Waals surface area contributed by atoms with Crippen molar-refractivity contribution < 1.29 is 37.9 Å². The molecule has 0 radical (unpaired) electrons. The first kappa shape index (κ1) is 34.3. The normalized spacial score (nSPS) is 16.5. The number of aliphatic hydroxyl groups is 1. The van der Waals surface area contributed by atoms with Gasteiger partial charge in [-0.15, -0.1) is 0 Å². The Morgan fingerprint density at radius 2 is 1.76 bits per heavy atom. The van der Waals surface area contributed by atoms with Crippen LogP contribution in [0.3, 0.4) is 0 Å². The van der Waals surface area contributed by atoms with Crippen molar-refractivity contribution in [1.29, 1.82) is 0 Å². The molecule has 0 aliphatic carbocycles. The smallest absolute Gasteiger partial charge is 0.415 e. The fourth-order valence-electron chi connectivity index (χ4n) is 5.09. The summed E-state index contributed by atoms with van der Waals surface area (Å²) >= 11 is 0. The molecule has 1 heterocycles. The third-order valence-electron chi connectivity index (χ3n) is 7.44. The summed E-state index contributed by atoms with van der Waals surface area (Å²) in [5.74, 6) is -0.920. The number of nitrogens with zero attached hydrogens (tertiary/aromatic N) is 3. The summed E-state index contributed by atoms with van der Waals surface area (Å²) in [6.45, 7) is 4.77. The zero-order valence-electron chi connectivity index (χ0n) is 25.8. The maximum atomic E-state index is 13.7. The number of ether oxygens (including phenoxy) is 1. The topological polar surface area (TPSA) is 166 Å². The molecule has 0 unspecified atom stereocenters. The second kappa shape index (κ2) is 15.1. The number of nitrogens with one attached hydrogen (secondary N) is 1. The van der Waals surface area contributed by atoms with E-state index in [0.717, 1.165) is 5.56 Å². The molecule has 3 aromatic carbocycles. The van der Waals surface area contributed by atoms with Gasteiger partial charge in [0.05, 0.1) is 29.8 Å². The van der Waals surface area contributed by atoms with E-state index in [-0.39, 0.29) is 42.7 Å². The Bertz CT molecular complexity index is 1660. The minimum Gasteiger partial charge on any atom is -0.434 e. The van der Waals surface area contributed by atoms with Crippen LogP contribution in [0.25, 0.3) is 0 Å². The summed E-state index contributed by atoms with van der Waals surface area (Å²) in [5, 5.41) is 26.0. The summed E-state index contributed by atoms with van der Waals surface area (Å²) in [6.07, 6.45) is -1.97. The van der Waals surface area contributed by atoms with Gasteiger partial charge in [-0.3, -0.25) is 14.5 Å². The molecule has 4 rings (SSSR count). The molecule has 12 nitrogen and oxygen atoms in total. The molecule has 1 aliphatic rings. The monoisotopic (exact) mass is 650 g/mol. The minimum absolute atomic E-state index is 0.00844. The van der Waals surface area contributed by atoms with Gasteiger partial charge in [-0.2, -0.15) is 4.31 Å². The highest BCUT2D eigenvalue weighted by atomic mass is 32.2. The Morgan fingerprint density at radius 3 is 2.39 bits per heavy atom. The van der Waals surface area contributed by atoms with Crippen molar-refractivity contribution in [2.75, 3.05) is 24.5 Å². The van der Waals surface area contributed by atoms with Crippen molar-refractivity contribution in [1.82, 2.24) is 9.62 Å². The number of sulfonamides is 1. The summed E-state index contributed by atoms with van der Waals surface area (Å²) in [6, 6.07) is 20.4. The van der Waals surface area contributed by atoms with E-state index in [9.17, 15) is 27.9 Å². The van der Waals surface area contributed by atoms with E-state index < -0.39 is 40.3 Å². The van der Waals surface area contributed by atoms with E-state index >= 15 is 0 Å². The van der Waals surface area contributed by atoms with E-state index in [4.69, 9.17) is 9.94 Å². The molecule has 244 valence electrons. The summed E-state index contributed by atoms with van der Waals surface area (Å²) in [7, 11) is -4.07. The molecular formula is C33H38N4O8S. The predicted molar refractivity (Wildman–Crippen MR) is 172 cm³/mol. The molecule has 0 aromatic heterocycles. The van der Waals surface area contributed by atoms with Crippen LogP contribution in [0.2, 0.25) is 0 Å². The number of anilines is 1. The van der Waals surface area contributed by atoms with Gasteiger partial charge < -0.3 is 20.4 Å². The highest BCUT2D eigenvalue weighted by molar-refractivity contribution is 7.89. The number of Topliss-reactive ketones (excluding diaryl/α,β-unsaturated/α-hetero) is 1. The Labute approximate surface area is 268 Å². The summed E-state index contributed by atoms with van der Waals surface area (Å²) in [5.41, 5.74) is 2.10. The van der Waals surface area contributed by atoms with E-state index in [1.807, 2.05) is 44.2 Å². The average Bonchev–Trinajstić information content (AvgIpc) is 3.42. The lowest BCUT2D eigenvalue weighted by atomic mass is 10.0. The second-order valence-electron chi connectivity index (χ2n) is 11.5. The molecule has 0 bridgehead atoms. The Morgan fingerprint density at radius 1 is 1.07 bits per heavy atom. The SMILES string of the molecule is CC(=O)c1cccc(N2C[C@@H](C(=O)N[C@@H](Cc3ccccc3)[C@H](O)CN(CC(C)C)S(=O)(=O)c3ccc(/C=N/O)cc3)OC2=O)c1. The highest BCUT2D eigenvalue weighted by Crippen LogP contribution is 2.24. The molecule has 46 heavy (non-hydrogen) atoms. The first-order chi connectivity index (χ1) is 21.9. The van der Waals surface area contributed by atoms with Gasteiger partial charge in [-0.05, 0) is 54.7 Å². The van der Waals surface area contributed by atoms with E-state index in [0.29, 0.717) is 16.8 Å². The molecule has 3 aromatic rings. The third-order valence-corrected chi connectivity index (χ3v) is 9.29. The van der Waals surface area contributed by atoms with Gasteiger partial charge in [0.2, 0.25) is 10.0 Å². The summed E-state index contributed by atoms with van der Waals surface area (Å²) < 4.78 is 34.0. The largest absolute Gasteiger partial charge is 0.434 e. The van der Waals surface area contributed by atoms with Crippen LogP contribution in [0.5, 0.6) is 0 Å². The molecule has 13 heteroatoms. The van der Waals surface area contributed by atoms with Crippen LogP contribution in [0, 0.1) is 5.92 Å². The first-order valence-electron chi connectivity index (χ1n) is 14.8. The maximum absolute atomic E-state index is 13.7. The zero-order chi connectivity index (χ0) is 33.4. The van der Waals surface area contributed by atoms with Crippen LogP contribution in [0.4, 0.5) is 10.5 Å². The molecule has 1 aliphatic heterocycles. The molecule has 3 N–H and O–H groups in total. The number of cyclic esters (lactones) is 1. The number of carbonyl (C=O) groups excluding carboxylic acids is 3. The fraction of sp³-hybridized carbons (Fsp3) is 0.333. The zero-order valence-corrected chi connectivity index (χ0v) is 26.6. The van der Waals surface area contributed by atoms with Crippen molar-refractivity contribution in [3.05, 3.63) is 95.6 Å². The second-order valence-corrected chi connectivity index (χ2v) is 13.4. The molecule has 3 atom stereocenters. The third kappa shape index (κ3) is 8.56. The quantitative estimate of drug-likeness (QED) is 0.103. The lowest BCUT2D eigenvalue weighted by Crippen LogP contribution is -2.53. The number of hydrogen-bond acceptors (Lipinski definition) is 9. The minimum atomic E-state index is -4.07. The lowest BCUT2D eigenvalue weighted by Gasteiger charge is -2.31. The average molecular weight is 651 g/mol. The number of amides is 2. The standard InChI is InChI=1S/C33H38N4O8S/c1-22(2)19-36(46(43,44)28-14-12-25(13-15-28)18-34-42)20-30(39)29(16-24-8-5-4-6-9-24)35-32(40)31-21-37(33(41)45-31)27-11-7-10-26(17-27)23(3)38/h4-15,17-18,22,29-31,39,42H,16,19-21H2,1-3H3,(H,35,40)/b34-18+/t29-,30+,31-/m0/s1.